The molecule has 0 aromatic rings. The van der Waals surface area contributed by atoms with Crippen LogP contribution in [-0.2, 0) is 4.79 Å². The van der Waals surface area contributed by atoms with E-state index in [2.05, 4.69) is 25.8 Å². The molecule has 1 heterocycles. The number of carbonyl (C=O) groups is 1. The van der Waals surface area contributed by atoms with Crippen molar-refractivity contribution in [2.24, 2.45) is 0 Å². The number of likely N-dealkylation sites (tertiary alicyclic amines) is 1. The molecule has 3 heteroatoms. The molecule has 0 aromatic carbocycles. The van der Waals surface area contributed by atoms with Gasteiger partial charge in [0, 0.05) is 32.1 Å². The van der Waals surface area contributed by atoms with Gasteiger partial charge in [-0.3, -0.25) is 9.69 Å². The molecular weight excluding hydrogens is 164 g/mol. The van der Waals surface area contributed by atoms with Crippen molar-refractivity contribution in [3.63, 3.8) is 0 Å². The molecule has 0 spiro atoms. The summed E-state index contributed by atoms with van der Waals surface area (Å²) in [4.78, 5) is 15.4. The maximum Gasteiger partial charge on any atom is 0.219 e. The molecule has 0 aromatic heterocycles. The van der Waals surface area contributed by atoms with Gasteiger partial charge < -0.3 is 4.90 Å². The molecule has 76 valence electrons. The van der Waals surface area contributed by atoms with Crippen molar-refractivity contribution in [1.29, 1.82) is 0 Å². The van der Waals surface area contributed by atoms with Crippen LogP contribution in [0.5, 0.6) is 0 Å². The molecule has 1 atom stereocenters. The summed E-state index contributed by atoms with van der Waals surface area (Å²) in [5.74, 6) is 0.208. The van der Waals surface area contributed by atoms with Crippen LogP contribution in [0.2, 0.25) is 0 Å². The van der Waals surface area contributed by atoms with Gasteiger partial charge in [-0.25, -0.2) is 0 Å². The van der Waals surface area contributed by atoms with Gasteiger partial charge in [0.2, 0.25) is 5.91 Å². The zero-order chi connectivity index (χ0) is 10.0. The van der Waals surface area contributed by atoms with E-state index >= 15 is 0 Å². The van der Waals surface area contributed by atoms with Crippen LogP contribution in [0, 0.1) is 0 Å². The highest BCUT2D eigenvalue weighted by molar-refractivity contribution is 5.73. The second-order valence-corrected chi connectivity index (χ2v) is 4.17. The van der Waals surface area contributed by atoms with Crippen molar-refractivity contribution < 1.29 is 4.79 Å². The lowest BCUT2D eigenvalue weighted by Gasteiger charge is -2.27. The lowest BCUT2D eigenvalue weighted by atomic mass is 10.2. The second kappa shape index (κ2) is 4.09. The largest absolute Gasteiger partial charge is 0.341 e. The highest BCUT2D eigenvalue weighted by Crippen LogP contribution is 2.16. The average molecular weight is 184 g/mol. The van der Waals surface area contributed by atoms with Crippen LogP contribution < -0.4 is 0 Å². The topological polar surface area (TPSA) is 23.6 Å². The Balaban J connectivity index is 2.45. The summed E-state index contributed by atoms with van der Waals surface area (Å²) in [6.07, 6.45) is 1.12. The van der Waals surface area contributed by atoms with E-state index in [4.69, 9.17) is 0 Å². The van der Waals surface area contributed by atoms with Gasteiger partial charge >= 0.3 is 0 Å². The molecule has 13 heavy (non-hydrogen) atoms. The molecule has 0 aliphatic carbocycles. The third-order valence-corrected chi connectivity index (χ3v) is 3.00. The Morgan fingerprint density at radius 2 is 2.15 bits per heavy atom. The zero-order valence-corrected chi connectivity index (χ0v) is 9.08. The van der Waals surface area contributed by atoms with Crippen LogP contribution in [0.15, 0.2) is 0 Å². The molecule has 1 saturated heterocycles. The second-order valence-electron chi connectivity index (χ2n) is 4.17. The number of likely N-dealkylation sites (N-methyl/N-ethyl adjacent to an activating group) is 1. The van der Waals surface area contributed by atoms with E-state index in [0.29, 0.717) is 12.1 Å². The molecule has 1 unspecified atom stereocenters. The minimum absolute atomic E-state index is 0.208. The van der Waals surface area contributed by atoms with E-state index in [0.717, 1.165) is 19.5 Å². The summed E-state index contributed by atoms with van der Waals surface area (Å²) >= 11 is 0. The highest BCUT2D eigenvalue weighted by Gasteiger charge is 2.27. The quantitative estimate of drug-likeness (QED) is 0.638. The maximum absolute atomic E-state index is 11.1. The Bertz CT molecular complexity index is 191. The SMILES string of the molecule is CC(=O)N1CCC(N(C)C(C)C)C1. The fourth-order valence-electron chi connectivity index (χ4n) is 1.78. The predicted octanol–water partition coefficient (Wildman–Crippen LogP) is 0.947. The summed E-state index contributed by atoms with van der Waals surface area (Å²) in [5, 5.41) is 0. The first-order chi connectivity index (χ1) is 6.02. The molecule has 1 rings (SSSR count). The molecule has 1 aliphatic rings. The fourth-order valence-corrected chi connectivity index (χ4v) is 1.78. The maximum atomic E-state index is 11.1. The summed E-state index contributed by atoms with van der Waals surface area (Å²) in [6, 6.07) is 1.13. The zero-order valence-electron chi connectivity index (χ0n) is 9.08. The monoisotopic (exact) mass is 184 g/mol. The predicted molar refractivity (Wildman–Crippen MR) is 53.6 cm³/mol. The van der Waals surface area contributed by atoms with Gasteiger partial charge in [0.25, 0.3) is 0 Å². The number of rotatable bonds is 2. The van der Waals surface area contributed by atoms with E-state index < -0.39 is 0 Å². The molecule has 0 N–H and O–H groups in total. The molecule has 3 nitrogen and oxygen atoms in total. The van der Waals surface area contributed by atoms with Crippen molar-refractivity contribution in [3.8, 4) is 0 Å². The van der Waals surface area contributed by atoms with Crippen LogP contribution in [0.3, 0.4) is 0 Å². The average Bonchev–Trinajstić information content (AvgIpc) is 2.50. The number of carbonyl (C=O) groups excluding carboxylic acids is 1. The molecule has 1 fully saturated rings. The van der Waals surface area contributed by atoms with Gasteiger partial charge in [0.1, 0.15) is 0 Å². The third kappa shape index (κ3) is 2.44. The molecule has 0 radical (unpaired) electrons. The van der Waals surface area contributed by atoms with Crippen molar-refractivity contribution in [2.75, 3.05) is 20.1 Å². The Kier molecular flexibility index (Phi) is 3.31. The lowest BCUT2D eigenvalue weighted by Crippen LogP contribution is -2.39. The number of hydrogen-bond donors (Lipinski definition) is 0. The minimum atomic E-state index is 0.208. The standard InChI is InChI=1S/C10H20N2O/c1-8(2)11(4)10-5-6-12(7-10)9(3)13/h8,10H,5-7H2,1-4H3. The van der Waals surface area contributed by atoms with Gasteiger partial charge in [-0.15, -0.1) is 0 Å². The van der Waals surface area contributed by atoms with Crippen LogP contribution >= 0.6 is 0 Å². The molecular formula is C10H20N2O. The number of amides is 1. The van der Waals surface area contributed by atoms with E-state index in [1.54, 1.807) is 6.92 Å². The van der Waals surface area contributed by atoms with Gasteiger partial charge in [-0.2, -0.15) is 0 Å². The van der Waals surface area contributed by atoms with Gasteiger partial charge in [0.15, 0.2) is 0 Å². The summed E-state index contributed by atoms with van der Waals surface area (Å²) in [7, 11) is 2.14. The van der Waals surface area contributed by atoms with Crippen LogP contribution in [0.25, 0.3) is 0 Å². The first kappa shape index (κ1) is 10.5. The molecule has 1 aliphatic heterocycles. The van der Waals surface area contributed by atoms with E-state index in [-0.39, 0.29) is 5.91 Å². The van der Waals surface area contributed by atoms with Gasteiger partial charge in [-0.1, -0.05) is 0 Å². The summed E-state index contributed by atoms with van der Waals surface area (Å²) in [6.45, 7) is 7.87. The smallest absolute Gasteiger partial charge is 0.219 e. The fraction of sp³-hybridized carbons (Fsp3) is 0.900. The highest BCUT2D eigenvalue weighted by atomic mass is 16.2. The number of nitrogens with zero attached hydrogens (tertiary/aromatic N) is 2. The Morgan fingerprint density at radius 3 is 2.54 bits per heavy atom. The first-order valence-electron chi connectivity index (χ1n) is 4.99. The van der Waals surface area contributed by atoms with Crippen LogP contribution in [0.1, 0.15) is 27.2 Å². The van der Waals surface area contributed by atoms with E-state index in [1.807, 2.05) is 4.90 Å². The summed E-state index contributed by atoms with van der Waals surface area (Å²) in [5.41, 5.74) is 0. The lowest BCUT2D eigenvalue weighted by molar-refractivity contribution is -0.127. The number of hydrogen-bond acceptors (Lipinski definition) is 2. The molecule has 0 bridgehead atoms. The normalized spacial score (nSPS) is 23.2. The van der Waals surface area contributed by atoms with Gasteiger partial charge in [0.05, 0.1) is 0 Å². The Labute approximate surface area is 80.7 Å². The minimum Gasteiger partial charge on any atom is -0.341 e. The molecule has 0 saturated carbocycles. The van der Waals surface area contributed by atoms with Crippen molar-refractivity contribution in [1.82, 2.24) is 9.80 Å². The summed E-state index contributed by atoms with van der Waals surface area (Å²) < 4.78 is 0. The van der Waals surface area contributed by atoms with Crippen LogP contribution in [0.4, 0.5) is 0 Å². The van der Waals surface area contributed by atoms with Crippen molar-refractivity contribution >= 4 is 5.91 Å². The van der Waals surface area contributed by atoms with Crippen molar-refractivity contribution in [3.05, 3.63) is 0 Å². The Hall–Kier alpha value is -0.570. The van der Waals surface area contributed by atoms with E-state index in [1.165, 1.54) is 0 Å². The first-order valence-corrected chi connectivity index (χ1v) is 4.99. The van der Waals surface area contributed by atoms with E-state index in [9.17, 15) is 4.79 Å². The van der Waals surface area contributed by atoms with Gasteiger partial charge in [-0.05, 0) is 27.3 Å². The van der Waals surface area contributed by atoms with Crippen LogP contribution in [-0.4, -0.2) is 47.9 Å². The van der Waals surface area contributed by atoms with Crippen molar-refractivity contribution in [2.45, 2.75) is 39.3 Å². The molecule has 1 amide bonds. The third-order valence-electron chi connectivity index (χ3n) is 3.00. The Morgan fingerprint density at radius 1 is 1.54 bits per heavy atom.